The molecular formula is C16H17FO2. The first-order chi connectivity index (χ1) is 9.15. The van der Waals surface area contributed by atoms with Gasteiger partial charge in [-0.3, -0.25) is 0 Å². The van der Waals surface area contributed by atoms with Crippen LogP contribution >= 0.6 is 0 Å². The Bertz CT molecular complexity index is 527. The maximum atomic E-state index is 13.7. The van der Waals surface area contributed by atoms with E-state index in [9.17, 15) is 9.50 Å². The molecule has 0 heterocycles. The summed E-state index contributed by atoms with van der Waals surface area (Å²) in [5, 5.41) is 10.8. The van der Waals surface area contributed by atoms with Crippen molar-refractivity contribution in [3.8, 4) is 0 Å². The van der Waals surface area contributed by atoms with Crippen LogP contribution in [0.25, 0.3) is 0 Å². The Labute approximate surface area is 112 Å². The van der Waals surface area contributed by atoms with Crippen molar-refractivity contribution in [1.29, 1.82) is 0 Å². The molecule has 0 aliphatic carbocycles. The fourth-order valence-corrected chi connectivity index (χ4v) is 2.18. The molecule has 0 saturated heterocycles. The number of hydrogen-bond donors (Lipinski definition) is 1. The van der Waals surface area contributed by atoms with Gasteiger partial charge in [0.15, 0.2) is 0 Å². The Morgan fingerprint density at radius 1 is 1.05 bits per heavy atom. The lowest BCUT2D eigenvalue weighted by atomic mass is 9.88. The highest BCUT2D eigenvalue weighted by Crippen LogP contribution is 2.27. The molecule has 0 saturated carbocycles. The topological polar surface area (TPSA) is 29.5 Å². The van der Waals surface area contributed by atoms with E-state index in [1.807, 2.05) is 30.3 Å². The van der Waals surface area contributed by atoms with E-state index in [1.165, 1.54) is 13.2 Å². The number of methoxy groups -OCH3 is 1. The van der Waals surface area contributed by atoms with E-state index in [-0.39, 0.29) is 18.8 Å². The summed E-state index contributed by atoms with van der Waals surface area (Å²) >= 11 is 0. The van der Waals surface area contributed by atoms with Crippen LogP contribution in [0.1, 0.15) is 11.1 Å². The van der Waals surface area contributed by atoms with Crippen molar-refractivity contribution in [2.45, 2.75) is 12.0 Å². The van der Waals surface area contributed by atoms with Gasteiger partial charge in [-0.15, -0.1) is 0 Å². The maximum absolute atomic E-state index is 13.7. The highest BCUT2D eigenvalue weighted by molar-refractivity contribution is 5.27. The minimum absolute atomic E-state index is 0.116. The molecule has 1 N–H and O–H groups in total. The lowest BCUT2D eigenvalue weighted by Gasteiger charge is -2.28. The van der Waals surface area contributed by atoms with Crippen molar-refractivity contribution >= 4 is 0 Å². The summed E-state index contributed by atoms with van der Waals surface area (Å²) in [5.74, 6) is -0.312. The average Bonchev–Trinajstić information content (AvgIpc) is 2.43. The first-order valence-corrected chi connectivity index (χ1v) is 6.16. The summed E-state index contributed by atoms with van der Waals surface area (Å²) in [6.07, 6.45) is 0.178. The lowest BCUT2D eigenvalue weighted by molar-refractivity contribution is -0.0360. The number of ether oxygens (including phenoxy) is 1. The molecule has 3 heteroatoms. The van der Waals surface area contributed by atoms with Gasteiger partial charge in [-0.05, 0) is 17.2 Å². The van der Waals surface area contributed by atoms with Gasteiger partial charge in [-0.25, -0.2) is 4.39 Å². The molecule has 0 bridgehead atoms. The number of halogens is 1. The van der Waals surface area contributed by atoms with Crippen LogP contribution in [0.15, 0.2) is 54.6 Å². The summed E-state index contributed by atoms with van der Waals surface area (Å²) in [5.41, 5.74) is -0.0240. The van der Waals surface area contributed by atoms with Gasteiger partial charge in [-0.2, -0.15) is 0 Å². The Morgan fingerprint density at radius 2 is 1.68 bits per heavy atom. The normalized spacial score (nSPS) is 14.1. The summed E-state index contributed by atoms with van der Waals surface area (Å²) in [6, 6.07) is 15.7. The summed E-state index contributed by atoms with van der Waals surface area (Å²) in [6.45, 7) is 0.116. The number of benzene rings is 2. The van der Waals surface area contributed by atoms with Gasteiger partial charge in [0.05, 0.1) is 6.61 Å². The predicted octanol–water partition coefficient (Wildman–Crippen LogP) is 2.90. The van der Waals surface area contributed by atoms with E-state index in [0.717, 1.165) is 5.56 Å². The minimum Gasteiger partial charge on any atom is -0.382 e. The van der Waals surface area contributed by atoms with Crippen LogP contribution in [0.5, 0.6) is 0 Å². The third-order valence-corrected chi connectivity index (χ3v) is 3.13. The van der Waals surface area contributed by atoms with Gasteiger partial charge in [0.25, 0.3) is 0 Å². The first-order valence-electron chi connectivity index (χ1n) is 6.16. The number of aliphatic hydroxyl groups is 1. The molecule has 0 aromatic heterocycles. The monoisotopic (exact) mass is 260 g/mol. The van der Waals surface area contributed by atoms with Crippen molar-refractivity contribution in [2.75, 3.05) is 13.7 Å². The molecule has 0 spiro atoms. The van der Waals surface area contributed by atoms with E-state index in [0.29, 0.717) is 5.56 Å². The van der Waals surface area contributed by atoms with Crippen molar-refractivity contribution in [3.63, 3.8) is 0 Å². The van der Waals surface area contributed by atoms with Gasteiger partial charge in [0.2, 0.25) is 0 Å². The smallest absolute Gasteiger partial charge is 0.126 e. The molecule has 1 unspecified atom stereocenters. The zero-order valence-electron chi connectivity index (χ0n) is 10.8. The van der Waals surface area contributed by atoms with Gasteiger partial charge in [0.1, 0.15) is 11.4 Å². The second-order valence-corrected chi connectivity index (χ2v) is 4.60. The van der Waals surface area contributed by atoms with Crippen molar-refractivity contribution < 1.29 is 14.2 Å². The zero-order chi connectivity index (χ0) is 13.7. The largest absolute Gasteiger partial charge is 0.382 e. The fourth-order valence-electron chi connectivity index (χ4n) is 2.18. The molecule has 0 amide bonds. The van der Waals surface area contributed by atoms with E-state index < -0.39 is 5.60 Å². The first kappa shape index (κ1) is 13.7. The van der Waals surface area contributed by atoms with Gasteiger partial charge in [-0.1, -0.05) is 48.5 Å². The molecule has 19 heavy (non-hydrogen) atoms. The van der Waals surface area contributed by atoms with Gasteiger partial charge >= 0.3 is 0 Å². The fraction of sp³-hybridized carbons (Fsp3) is 0.250. The van der Waals surface area contributed by atoms with Crippen LogP contribution in [0, 0.1) is 5.82 Å². The molecule has 0 radical (unpaired) electrons. The van der Waals surface area contributed by atoms with E-state index in [2.05, 4.69) is 0 Å². The zero-order valence-corrected chi connectivity index (χ0v) is 10.8. The molecule has 2 aromatic rings. The second-order valence-electron chi connectivity index (χ2n) is 4.60. The van der Waals surface area contributed by atoms with Crippen molar-refractivity contribution in [3.05, 3.63) is 71.5 Å². The Kier molecular flexibility index (Phi) is 4.30. The van der Waals surface area contributed by atoms with Crippen LogP contribution in [0.4, 0.5) is 4.39 Å². The number of rotatable bonds is 5. The molecule has 1 atom stereocenters. The summed E-state index contributed by atoms with van der Waals surface area (Å²) in [7, 11) is 1.52. The maximum Gasteiger partial charge on any atom is 0.126 e. The van der Waals surface area contributed by atoms with Crippen molar-refractivity contribution in [1.82, 2.24) is 0 Å². The highest BCUT2D eigenvalue weighted by atomic mass is 19.1. The van der Waals surface area contributed by atoms with Crippen LogP contribution in [0.2, 0.25) is 0 Å². The molecule has 0 aliphatic heterocycles. The quantitative estimate of drug-likeness (QED) is 0.895. The molecule has 2 nitrogen and oxygen atoms in total. The average molecular weight is 260 g/mol. The lowest BCUT2D eigenvalue weighted by Crippen LogP contribution is -2.34. The molecule has 100 valence electrons. The van der Waals surface area contributed by atoms with Crippen LogP contribution in [-0.4, -0.2) is 18.8 Å². The summed E-state index contributed by atoms with van der Waals surface area (Å²) < 4.78 is 18.8. The highest BCUT2D eigenvalue weighted by Gasteiger charge is 2.30. The standard InChI is InChI=1S/C16H17FO2/c1-19-12-16(18,14-8-3-2-4-9-14)11-13-7-5-6-10-15(13)17/h2-10,18H,11-12H2,1H3. The van der Waals surface area contributed by atoms with Crippen LogP contribution in [-0.2, 0) is 16.8 Å². The molecule has 0 fully saturated rings. The second kappa shape index (κ2) is 5.95. The third-order valence-electron chi connectivity index (χ3n) is 3.13. The molecule has 0 aliphatic rings. The molecule has 2 rings (SSSR count). The Morgan fingerprint density at radius 3 is 2.32 bits per heavy atom. The predicted molar refractivity (Wildman–Crippen MR) is 72.3 cm³/mol. The van der Waals surface area contributed by atoms with E-state index in [1.54, 1.807) is 18.2 Å². The number of hydrogen-bond acceptors (Lipinski definition) is 2. The Balaban J connectivity index is 2.33. The molecule has 2 aromatic carbocycles. The molecular weight excluding hydrogens is 243 g/mol. The SMILES string of the molecule is COCC(O)(Cc1ccccc1F)c1ccccc1. The summed E-state index contributed by atoms with van der Waals surface area (Å²) in [4.78, 5) is 0. The van der Waals surface area contributed by atoms with Gasteiger partial charge < -0.3 is 9.84 Å². The van der Waals surface area contributed by atoms with Crippen molar-refractivity contribution in [2.24, 2.45) is 0 Å². The van der Waals surface area contributed by atoms with E-state index >= 15 is 0 Å². The minimum atomic E-state index is -1.22. The van der Waals surface area contributed by atoms with Gasteiger partial charge in [0, 0.05) is 13.5 Å². The Hall–Kier alpha value is -1.71. The van der Waals surface area contributed by atoms with Crippen LogP contribution in [0.3, 0.4) is 0 Å². The third kappa shape index (κ3) is 3.19. The van der Waals surface area contributed by atoms with E-state index in [4.69, 9.17) is 4.74 Å². The van der Waals surface area contributed by atoms with Crippen LogP contribution < -0.4 is 0 Å².